The average Bonchev–Trinajstić information content (AvgIpc) is 3.18. The van der Waals surface area contributed by atoms with Crippen LogP contribution in [0.2, 0.25) is 0 Å². The van der Waals surface area contributed by atoms with Crippen molar-refractivity contribution in [1.29, 1.82) is 0 Å². The summed E-state index contributed by atoms with van der Waals surface area (Å²) >= 11 is 0. The maximum Gasteiger partial charge on any atom is 0.377 e. The van der Waals surface area contributed by atoms with Gasteiger partial charge in [-0.1, -0.05) is 0 Å². The Morgan fingerprint density at radius 2 is 2.00 bits per heavy atom. The van der Waals surface area contributed by atoms with Gasteiger partial charge < -0.3 is 14.4 Å². The van der Waals surface area contributed by atoms with Crippen molar-refractivity contribution in [3.8, 4) is 17.3 Å². The lowest BCUT2D eigenvalue weighted by Gasteiger charge is -2.29. The smallest absolute Gasteiger partial charge is 0.377 e. The fourth-order valence-corrected chi connectivity index (χ4v) is 4.04. The number of carboxylic acids is 1. The molecule has 3 aromatic rings. The second-order valence-electron chi connectivity index (χ2n) is 5.66. The van der Waals surface area contributed by atoms with E-state index in [2.05, 4.69) is 15.1 Å². The number of pyridine rings is 1. The standard InChI is InChI=1S/C16H11FN4O6S/c17-10-1-3-11(4-2-10)28(24,25)21-5-6-26-15-12(21)7-9(8-18-15)14-19-13(16(22)23)20-27-14/h1-4,7-8H,5-6H2,(H,22,23). The zero-order valence-corrected chi connectivity index (χ0v) is 14.8. The number of carboxylic acid groups (broad SMARTS) is 1. The number of hydrogen-bond acceptors (Lipinski definition) is 8. The van der Waals surface area contributed by atoms with Crippen LogP contribution in [-0.2, 0) is 10.0 Å². The third-order valence-corrected chi connectivity index (χ3v) is 5.73. The molecule has 3 heterocycles. The summed E-state index contributed by atoms with van der Waals surface area (Å²) in [4.78, 5) is 18.6. The lowest BCUT2D eigenvalue weighted by Crippen LogP contribution is -2.38. The Bertz CT molecular complexity index is 1160. The number of fused-ring (bicyclic) bond motifs is 1. The molecule has 0 spiro atoms. The second kappa shape index (κ2) is 6.56. The van der Waals surface area contributed by atoms with Crippen LogP contribution in [0.15, 0.2) is 45.9 Å². The summed E-state index contributed by atoms with van der Waals surface area (Å²) in [7, 11) is -4.01. The van der Waals surface area contributed by atoms with E-state index in [1.165, 1.54) is 12.3 Å². The molecule has 0 unspecified atom stereocenters. The minimum absolute atomic E-state index is 0.00204. The molecular formula is C16H11FN4O6S. The van der Waals surface area contributed by atoms with Crippen LogP contribution in [0.3, 0.4) is 0 Å². The highest BCUT2D eigenvalue weighted by Crippen LogP contribution is 2.36. The summed E-state index contributed by atoms with van der Waals surface area (Å²) < 4.78 is 50.5. The van der Waals surface area contributed by atoms with Gasteiger partial charge in [0.05, 0.1) is 17.0 Å². The van der Waals surface area contributed by atoms with E-state index in [1.807, 2.05) is 0 Å². The van der Waals surface area contributed by atoms with Gasteiger partial charge in [-0.3, -0.25) is 4.31 Å². The van der Waals surface area contributed by atoms with Crippen molar-refractivity contribution in [2.24, 2.45) is 0 Å². The number of aromatic carboxylic acids is 1. The van der Waals surface area contributed by atoms with Crippen LogP contribution in [0.1, 0.15) is 10.6 Å². The predicted molar refractivity (Wildman–Crippen MR) is 90.9 cm³/mol. The molecule has 0 aliphatic carbocycles. The SMILES string of the molecule is O=C(O)c1noc(-c2cnc3c(c2)N(S(=O)(=O)c2ccc(F)cc2)CCO3)n1. The van der Waals surface area contributed by atoms with Gasteiger partial charge in [0.1, 0.15) is 18.1 Å². The van der Waals surface area contributed by atoms with E-state index in [-0.39, 0.29) is 41.1 Å². The number of carbonyl (C=O) groups is 1. The normalized spacial score (nSPS) is 13.7. The number of hydrogen-bond donors (Lipinski definition) is 1. The highest BCUT2D eigenvalue weighted by atomic mass is 32.2. The highest BCUT2D eigenvalue weighted by Gasteiger charge is 2.32. The van der Waals surface area contributed by atoms with Crippen LogP contribution < -0.4 is 9.04 Å². The molecular weight excluding hydrogens is 395 g/mol. The molecule has 2 aromatic heterocycles. The Morgan fingerprint density at radius 3 is 2.68 bits per heavy atom. The van der Waals surface area contributed by atoms with Crippen LogP contribution >= 0.6 is 0 Å². The number of benzene rings is 1. The molecule has 1 aliphatic heterocycles. The number of aromatic nitrogens is 3. The molecule has 0 amide bonds. The summed E-state index contributed by atoms with van der Waals surface area (Å²) in [6.07, 6.45) is 1.30. The summed E-state index contributed by atoms with van der Waals surface area (Å²) in [5.41, 5.74) is 0.326. The molecule has 0 fully saturated rings. The van der Waals surface area contributed by atoms with E-state index in [4.69, 9.17) is 14.4 Å². The Hall–Kier alpha value is -3.54. The molecule has 1 aromatic carbocycles. The van der Waals surface area contributed by atoms with Gasteiger partial charge in [0, 0.05) is 6.20 Å². The van der Waals surface area contributed by atoms with Crippen molar-refractivity contribution < 1.29 is 32.0 Å². The first kappa shape index (κ1) is 17.9. The fourth-order valence-electron chi connectivity index (χ4n) is 2.60. The van der Waals surface area contributed by atoms with Crippen molar-refractivity contribution in [3.05, 3.63) is 48.2 Å². The number of halogens is 1. The predicted octanol–water partition coefficient (Wildman–Crippen LogP) is 1.56. The Morgan fingerprint density at radius 1 is 1.25 bits per heavy atom. The lowest BCUT2D eigenvalue weighted by atomic mass is 10.2. The number of anilines is 1. The number of rotatable bonds is 4. The van der Waals surface area contributed by atoms with Crippen molar-refractivity contribution in [3.63, 3.8) is 0 Å². The molecule has 10 nitrogen and oxygen atoms in total. The zero-order chi connectivity index (χ0) is 19.9. The van der Waals surface area contributed by atoms with Crippen LogP contribution in [0.4, 0.5) is 10.1 Å². The van der Waals surface area contributed by atoms with Gasteiger partial charge in [-0.25, -0.2) is 22.6 Å². The highest BCUT2D eigenvalue weighted by molar-refractivity contribution is 7.92. The average molecular weight is 406 g/mol. The molecule has 0 atom stereocenters. The van der Waals surface area contributed by atoms with E-state index in [1.54, 1.807) is 0 Å². The molecule has 0 saturated heterocycles. The van der Waals surface area contributed by atoms with Crippen molar-refractivity contribution in [1.82, 2.24) is 15.1 Å². The molecule has 0 radical (unpaired) electrons. The van der Waals surface area contributed by atoms with Gasteiger partial charge in [-0.15, -0.1) is 0 Å². The first-order valence-corrected chi connectivity index (χ1v) is 9.29. The number of sulfonamides is 1. The largest absolute Gasteiger partial charge is 0.475 e. The van der Waals surface area contributed by atoms with Crippen molar-refractivity contribution >= 4 is 21.7 Å². The minimum Gasteiger partial charge on any atom is -0.475 e. The topological polar surface area (TPSA) is 136 Å². The molecule has 144 valence electrons. The van der Waals surface area contributed by atoms with Crippen LogP contribution in [-0.4, -0.2) is 47.8 Å². The Balaban J connectivity index is 1.77. The third-order valence-electron chi connectivity index (χ3n) is 3.90. The summed E-state index contributed by atoms with van der Waals surface area (Å²) in [6, 6.07) is 5.81. The molecule has 0 bridgehead atoms. The number of nitrogens with zero attached hydrogens (tertiary/aromatic N) is 4. The van der Waals surface area contributed by atoms with E-state index >= 15 is 0 Å². The molecule has 0 saturated carbocycles. The van der Waals surface area contributed by atoms with Gasteiger partial charge in [-0.2, -0.15) is 4.98 Å². The fraction of sp³-hybridized carbons (Fsp3) is 0.125. The van der Waals surface area contributed by atoms with Gasteiger partial charge >= 0.3 is 5.97 Å². The van der Waals surface area contributed by atoms with E-state index < -0.39 is 27.6 Å². The van der Waals surface area contributed by atoms with Gasteiger partial charge in [0.15, 0.2) is 0 Å². The van der Waals surface area contributed by atoms with E-state index in [9.17, 15) is 17.6 Å². The van der Waals surface area contributed by atoms with Gasteiger partial charge in [-0.05, 0) is 35.5 Å². The van der Waals surface area contributed by atoms with E-state index in [0.29, 0.717) is 0 Å². The maximum absolute atomic E-state index is 13.2. The van der Waals surface area contributed by atoms with Crippen molar-refractivity contribution in [2.75, 3.05) is 17.5 Å². The van der Waals surface area contributed by atoms with Crippen molar-refractivity contribution in [2.45, 2.75) is 4.90 Å². The molecule has 12 heteroatoms. The van der Waals surface area contributed by atoms with E-state index in [0.717, 1.165) is 28.6 Å². The summed E-state index contributed by atoms with van der Waals surface area (Å²) in [5, 5.41) is 12.2. The number of ether oxygens (including phenoxy) is 1. The summed E-state index contributed by atoms with van der Waals surface area (Å²) in [6.45, 7) is 0.0749. The first-order valence-electron chi connectivity index (χ1n) is 7.85. The Labute approximate surface area is 157 Å². The molecule has 28 heavy (non-hydrogen) atoms. The first-order chi connectivity index (χ1) is 13.4. The van der Waals surface area contributed by atoms with Crippen LogP contribution in [0.5, 0.6) is 5.88 Å². The van der Waals surface area contributed by atoms with Crippen LogP contribution in [0.25, 0.3) is 11.5 Å². The minimum atomic E-state index is -4.01. The quantitative estimate of drug-likeness (QED) is 0.684. The molecule has 1 N–H and O–H groups in total. The molecule has 1 aliphatic rings. The molecule has 4 rings (SSSR count). The van der Waals surface area contributed by atoms with Crippen LogP contribution in [0, 0.1) is 5.82 Å². The summed E-state index contributed by atoms with van der Waals surface area (Å²) in [5.74, 6) is -2.54. The van der Waals surface area contributed by atoms with Gasteiger partial charge in [0.25, 0.3) is 21.7 Å². The lowest BCUT2D eigenvalue weighted by molar-refractivity contribution is 0.0680. The Kier molecular flexibility index (Phi) is 4.19. The second-order valence-corrected chi connectivity index (χ2v) is 7.52. The van der Waals surface area contributed by atoms with Gasteiger partial charge in [0.2, 0.25) is 5.88 Å². The monoisotopic (exact) mass is 406 g/mol. The zero-order valence-electron chi connectivity index (χ0n) is 13.9. The third kappa shape index (κ3) is 3.03. The maximum atomic E-state index is 13.2.